The van der Waals surface area contributed by atoms with Gasteiger partial charge in [-0.1, -0.05) is 30.3 Å². The molecule has 2 aromatic carbocycles. The van der Waals surface area contributed by atoms with Crippen LogP contribution in [0.5, 0.6) is 5.75 Å². The van der Waals surface area contributed by atoms with Crippen LogP contribution in [0.3, 0.4) is 0 Å². The summed E-state index contributed by atoms with van der Waals surface area (Å²) in [5.41, 5.74) is 6.32. The molecular formula is C29H36N2O3. The van der Waals surface area contributed by atoms with Crippen molar-refractivity contribution in [2.45, 2.75) is 71.4 Å². The second kappa shape index (κ2) is 9.36. The molecule has 5 nitrogen and oxygen atoms in total. The van der Waals surface area contributed by atoms with E-state index in [9.17, 15) is 4.79 Å². The summed E-state index contributed by atoms with van der Waals surface area (Å²) in [6, 6.07) is 15.1. The van der Waals surface area contributed by atoms with E-state index in [1.165, 1.54) is 46.1 Å². The van der Waals surface area contributed by atoms with Crippen LogP contribution < -0.4 is 4.74 Å². The molecule has 0 fully saturated rings. The lowest BCUT2D eigenvalue weighted by atomic mass is 9.91. The first-order valence-corrected chi connectivity index (χ1v) is 12.7. The number of carbonyl (C=O) groups is 1. The highest BCUT2D eigenvalue weighted by molar-refractivity contribution is 5.86. The lowest BCUT2D eigenvalue weighted by Gasteiger charge is -2.26. The number of para-hydroxylation sites is 1. The maximum Gasteiger partial charge on any atom is 0.410 e. The van der Waals surface area contributed by atoms with E-state index in [0.717, 1.165) is 38.0 Å². The minimum Gasteiger partial charge on any atom is -0.491 e. The van der Waals surface area contributed by atoms with Crippen LogP contribution in [-0.2, 0) is 37.0 Å². The summed E-state index contributed by atoms with van der Waals surface area (Å²) in [4.78, 5) is 14.6. The van der Waals surface area contributed by atoms with E-state index in [4.69, 9.17) is 9.47 Å². The van der Waals surface area contributed by atoms with Crippen LogP contribution in [0.4, 0.5) is 4.79 Å². The Kier molecular flexibility index (Phi) is 6.28. The summed E-state index contributed by atoms with van der Waals surface area (Å²) in [6.07, 6.45) is 6.25. The number of amides is 1. The van der Waals surface area contributed by atoms with Crippen molar-refractivity contribution < 1.29 is 14.3 Å². The van der Waals surface area contributed by atoms with Crippen molar-refractivity contribution in [3.63, 3.8) is 0 Å². The van der Waals surface area contributed by atoms with Gasteiger partial charge in [0.2, 0.25) is 0 Å². The molecule has 0 spiro atoms. The molecule has 34 heavy (non-hydrogen) atoms. The van der Waals surface area contributed by atoms with Gasteiger partial charge in [0.25, 0.3) is 0 Å². The molecule has 0 radical (unpaired) electrons. The van der Waals surface area contributed by atoms with Gasteiger partial charge >= 0.3 is 6.09 Å². The predicted molar refractivity (Wildman–Crippen MR) is 136 cm³/mol. The Morgan fingerprint density at radius 3 is 2.56 bits per heavy atom. The molecule has 0 N–H and O–H groups in total. The first-order chi connectivity index (χ1) is 16.4. The molecule has 1 aromatic heterocycles. The predicted octanol–water partition coefficient (Wildman–Crippen LogP) is 5.93. The Labute approximate surface area is 202 Å². The SMILES string of the molecule is CC(C)(C)OC(=O)N1CCc2c(n(CCOc3cccc4c3CCCC4)c3ccccc23)CC1. The van der Waals surface area contributed by atoms with Crippen molar-refractivity contribution in [1.82, 2.24) is 9.47 Å². The van der Waals surface area contributed by atoms with Crippen LogP contribution in [0.1, 0.15) is 56.0 Å². The molecule has 0 saturated heterocycles. The molecule has 180 valence electrons. The monoisotopic (exact) mass is 460 g/mol. The van der Waals surface area contributed by atoms with Gasteiger partial charge in [0.05, 0.1) is 6.54 Å². The molecule has 5 heteroatoms. The standard InChI is InChI=1S/C29H36N2O3/c1-29(2,3)34-28(32)30-17-15-24-23-12-6-7-13-25(23)31(26(24)16-18-30)19-20-33-27-14-8-10-21-9-4-5-11-22(21)27/h6-8,10,12-14H,4-5,9,11,15-20H2,1-3H3. The van der Waals surface area contributed by atoms with Crippen LogP contribution in [0.15, 0.2) is 42.5 Å². The molecule has 5 rings (SSSR count). The van der Waals surface area contributed by atoms with E-state index in [0.29, 0.717) is 19.7 Å². The molecule has 1 amide bonds. The van der Waals surface area contributed by atoms with Crippen LogP contribution in [0, 0.1) is 0 Å². The third kappa shape index (κ3) is 4.66. The Bertz CT molecular complexity index is 1190. The van der Waals surface area contributed by atoms with E-state index in [2.05, 4.69) is 47.0 Å². The molecule has 0 atom stereocenters. The first-order valence-electron chi connectivity index (χ1n) is 12.7. The lowest BCUT2D eigenvalue weighted by molar-refractivity contribution is 0.0258. The summed E-state index contributed by atoms with van der Waals surface area (Å²) in [6.45, 7) is 8.55. The maximum atomic E-state index is 12.7. The van der Waals surface area contributed by atoms with Crippen molar-refractivity contribution in [1.29, 1.82) is 0 Å². The third-order valence-electron chi connectivity index (χ3n) is 7.02. The lowest BCUT2D eigenvalue weighted by Crippen LogP contribution is -2.38. The normalized spacial score (nSPS) is 16.0. The zero-order valence-corrected chi connectivity index (χ0v) is 20.7. The summed E-state index contributed by atoms with van der Waals surface area (Å²) in [5, 5.41) is 1.29. The topological polar surface area (TPSA) is 43.7 Å². The molecule has 0 unspecified atom stereocenters. The minimum atomic E-state index is -0.480. The zero-order valence-electron chi connectivity index (χ0n) is 20.7. The molecule has 0 saturated carbocycles. The van der Waals surface area contributed by atoms with Crippen LogP contribution in [0.25, 0.3) is 10.9 Å². The number of aromatic nitrogens is 1. The van der Waals surface area contributed by atoms with Gasteiger partial charge in [0.1, 0.15) is 18.0 Å². The zero-order chi connectivity index (χ0) is 23.7. The summed E-state index contributed by atoms with van der Waals surface area (Å²) >= 11 is 0. The average Bonchev–Trinajstić information content (AvgIpc) is 2.95. The van der Waals surface area contributed by atoms with E-state index in [1.54, 1.807) is 0 Å². The molecule has 2 aliphatic rings. The van der Waals surface area contributed by atoms with Gasteiger partial charge in [-0.3, -0.25) is 0 Å². The second-order valence-corrected chi connectivity index (χ2v) is 10.5. The molecule has 1 aliphatic heterocycles. The van der Waals surface area contributed by atoms with Gasteiger partial charge < -0.3 is 18.9 Å². The smallest absolute Gasteiger partial charge is 0.410 e. The van der Waals surface area contributed by atoms with Crippen molar-refractivity contribution >= 4 is 17.0 Å². The van der Waals surface area contributed by atoms with Gasteiger partial charge in [-0.25, -0.2) is 4.79 Å². The number of hydrogen-bond acceptors (Lipinski definition) is 3. The van der Waals surface area contributed by atoms with E-state index < -0.39 is 5.60 Å². The number of ether oxygens (including phenoxy) is 2. The average molecular weight is 461 g/mol. The van der Waals surface area contributed by atoms with Crippen LogP contribution in [-0.4, -0.2) is 40.9 Å². The number of fused-ring (bicyclic) bond motifs is 4. The van der Waals surface area contributed by atoms with Gasteiger partial charge in [-0.05, 0) is 81.7 Å². The fourth-order valence-corrected chi connectivity index (χ4v) is 5.49. The fourth-order valence-electron chi connectivity index (χ4n) is 5.49. The molecular weight excluding hydrogens is 424 g/mol. The molecule has 0 bridgehead atoms. The van der Waals surface area contributed by atoms with Gasteiger partial charge in [0.15, 0.2) is 0 Å². The molecule has 1 aliphatic carbocycles. The highest BCUT2D eigenvalue weighted by Crippen LogP contribution is 2.31. The maximum absolute atomic E-state index is 12.7. The van der Waals surface area contributed by atoms with Crippen LogP contribution in [0.2, 0.25) is 0 Å². The van der Waals surface area contributed by atoms with Gasteiger partial charge in [0, 0.05) is 36.1 Å². The summed E-state index contributed by atoms with van der Waals surface area (Å²) in [5.74, 6) is 1.05. The summed E-state index contributed by atoms with van der Waals surface area (Å²) in [7, 11) is 0. The number of rotatable bonds is 4. The minimum absolute atomic E-state index is 0.217. The quantitative estimate of drug-likeness (QED) is 0.484. The first kappa shape index (κ1) is 22.8. The molecule has 2 heterocycles. The highest BCUT2D eigenvalue weighted by Gasteiger charge is 2.27. The number of aryl methyl sites for hydroxylation is 1. The van der Waals surface area contributed by atoms with Crippen molar-refractivity contribution in [3.8, 4) is 5.75 Å². The Morgan fingerprint density at radius 2 is 1.71 bits per heavy atom. The number of benzene rings is 2. The van der Waals surface area contributed by atoms with E-state index in [1.807, 2.05) is 25.7 Å². The third-order valence-corrected chi connectivity index (χ3v) is 7.02. The number of nitrogens with zero attached hydrogens (tertiary/aromatic N) is 2. The van der Waals surface area contributed by atoms with Gasteiger partial charge in [-0.2, -0.15) is 0 Å². The second-order valence-electron chi connectivity index (χ2n) is 10.5. The highest BCUT2D eigenvalue weighted by atomic mass is 16.6. The van der Waals surface area contributed by atoms with Crippen molar-refractivity contribution in [2.75, 3.05) is 19.7 Å². The Balaban J connectivity index is 1.35. The van der Waals surface area contributed by atoms with E-state index in [-0.39, 0.29) is 6.09 Å². The van der Waals surface area contributed by atoms with Crippen molar-refractivity contribution in [2.24, 2.45) is 0 Å². The Hall–Kier alpha value is -2.95. The Morgan fingerprint density at radius 1 is 0.912 bits per heavy atom. The molecule has 3 aromatic rings. The fraction of sp³-hybridized carbons (Fsp3) is 0.483. The summed E-state index contributed by atoms with van der Waals surface area (Å²) < 4.78 is 14.4. The van der Waals surface area contributed by atoms with E-state index >= 15 is 0 Å². The van der Waals surface area contributed by atoms with Crippen LogP contribution >= 0.6 is 0 Å². The number of carbonyl (C=O) groups excluding carboxylic acids is 1. The van der Waals surface area contributed by atoms with Gasteiger partial charge in [-0.15, -0.1) is 0 Å². The largest absolute Gasteiger partial charge is 0.491 e. The van der Waals surface area contributed by atoms with Crippen molar-refractivity contribution in [3.05, 3.63) is 64.8 Å². The number of hydrogen-bond donors (Lipinski definition) is 0.